The Kier molecular flexibility index (Phi) is 5.76. The quantitative estimate of drug-likeness (QED) is 0.755. The fourth-order valence-electron chi connectivity index (χ4n) is 3.57. The van der Waals surface area contributed by atoms with Gasteiger partial charge in [-0.15, -0.1) is 0 Å². The largest absolute Gasteiger partial charge is 0.470 e. The normalized spacial score (nSPS) is 19.8. The van der Waals surface area contributed by atoms with Gasteiger partial charge in [0.25, 0.3) is 11.8 Å². The highest BCUT2D eigenvalue weighted by molar-refractivity contribution is 5.94. The molecule has 0 saturated carbocycles. The van der Waals surface area contributed by atoms with Gasteiger partial charge in [0.15, 0.2) is 5.82 Å². The predicted molar refractivity (Wildman–Crippen MR) is 101 cm³/mol. The molecule has 0 bridgehead atoms. The van der Waals surface area contributed by atoms with E-state index in [1.807, 2.05) is 4.90 Å². The number of carbonyl (C=O) groups excluding carboxylic acids is 1. The van der Waals surface area contributed by atoms with Gasteiger partial charge in [0.1, 0.15) is 6.10 Å². The number of alkyl halides is 3. The summed E-state index contributed by atoms with van der Waals surface area (Å²) in [5.74, 6) is 0.570. The number of rotatable bonds is 4. The fraction of sp³-hybridized carbons (Fsp3) is 0.450. The van der Waals surface area contributed by atoms with Gasteiger partial charge >= 0.3 is 6.18 Å². The number of aromatic nitrogens is 2. The molecule has 1 atom stereocenters. The summed E-state index contributed by atoms with van der Waals surface area (Å²) in [7, 11) is 0. The summed E-state index contributed by atoms with van der Waals surface area (Å²) < 4.78 is 50.2. The highest BCUT2D eigenvalue weighted by Crippen LogP contribution is 2.30. The maximum Gasteiger partial charge on any atom is 0.416 e. The molecule has 10 heteroatoms. The summed E-state index contributed by atoms with van der Waals surface area (Å²) in [6.07, 6.45) is -1.11. The highest BCUT2D eigenvalue weighted by Gasteiger charge is 2.33. The van der Waals surface area contributed by atoms with Crippen molar-refractivity contribution in [3.8, 4) is 5.88 Å². The van der Waals surface area contributed by atoms with Crippen LogP contribution in [0.2, 0.25) is 0 Å². The van der Waals surface area contributed by atoms with Gasteiger partial charge < -0.3 is 19.3 Å². The van der Waals surface area contributed by atoms with Crippen LogP contribution in [0.4, 0.5) is 19.0 Å². The second-order valence-electron chi connectivity index (χ2n) is 7.14. The van der Waals surface area contributed by atoms with Crippen LogP contribution in [0.1, 0.15) is 22.3 Å². The van der Waals surface area contributed by atoms with Gasteiger partial charge in [-0.3, -0.25) is 4.79 Å². The highest BCUT2D eigenvalue weighted by atomic mass is 19.4. The van der Waals surface area contributed by atoms with Gasteiger partial charge in [-0.2, -0.15) is 13.2 Å². The average Bonchev–Trinajstić information content (AvgIpc) is 3.22. The van der Waals surface area contributed by atoms with Crippen molar-refractivity contribution in [3.63, 3.8) is 0 Å². The van der Waals surface area contributed by atoms with E-state index < -0.39 is 17.6 Å². The molecule has 0 aliphatic carbocycles. The van der Waals surface area contributed by atoms with Crippen molar-refractivity contribution in [2.24, 2.45) is 0 Å². The van der Waals surface area contributed by atoms with Crippen molar-refractivity contribution in [2.45, 2.75) is 18.7 Å². The zero-order chi connectivity index (χ0) is 21.1. The summed E-state index contributed by atoms with van der Waals surface area (Å²) in [6, 6.07) is 4.48. The lowest BCUT2D eigenvalue weighted by Gasteiger charge is -2.29. The molecule has 2 aliphatic heterocycles. The standard InChI is InChI=1S/C20H21F3N4O3/c21-20(22,23)15-3-1-2-14(12-15)19(28)27-7-4-16(13-27)30-18-17(24-5-6-25-18)26-8-10-29-11-9-26/h1-3,5-6,12,16H,4,7-11,13H2. The second kappa shape index (κ2) is 8.47. The molecule has 1 aromatic heterocycles. The van der Waals surface area contributed by atoms with E-state index in [1.165, 1.54) is 17.0 Å². The first kappa shape index (κ1) is 20.4. The van der Waals surface area contributed by atoms with E-state index >= 15 is 0 Å². The zero-order valence-corrected chi connectivity index (χ0v) is 16.1. The molecular weight excluding hydrogens is 401 g/mol. The Bertz CT molecular complexity index is 903. The van der Waals surface area contributed by atoms with Gasteiger partial charge in [0, 0.05) is 44.0 Å². The number of hydrogen-bond donors (Lipinski definition) is 0. The minimum atomic E-state index is -4.49. The van der Waals surface area contributed by atoms with Crippen molar-refractivity contribution in [1.29, 1.82) is 0 Å². The second-order valence-corrected chi connectivity index (χ2v) is 7.14. The first-order chi connectivity index (χ1) is 14.4. The lowest BCUT2D eigenvalue weighted by atomic mass is 10.1. The number of benzene rings is 1. The third-order valence-corrected chi connectivity index (χ3v) is 5.10. The molecule has 2 aromatic rings. The van der Waals surface area contributed by atoms with Crippen LogP contribution < -0.4 is 9.64 Å². The van der Waals surface area contributed by atoms with Crippen molar-refractivity contribution < 1.29 is 27.4 Å². The smallest absolute Gasteiger partial charge is 0.416 e. The number of likely N-dealkylation sites (tertiary alicyclic amines) is 1. The third-order valence-electron chi connectivity index (χ3n) is 5.10. The van der Waals surface area contributed by atoms with Crippen molar-refractivity contribution >= 4 is 11.7 Å². The summed E-state index contributed by atoms with van der Waals surface area (Å²) in [5.41, 5.74) is -0.825. The molecule has 1 aromatic carbocycles. The SMILES string of the molecule is O=C(c1cccc(C(F)(F)F)c1)N1CCC(Oc2nccnc2N2CCOCC2)C1. The summed E-state index contributed by atoms with van der Waals surface area (Å²) in [6.45, 7) is 3.22. The average molecular weight is 422 g/mol. The molecule has 1 amide bonds. The fourth-order valence-corrected chi connectivity index (χ4v) is 3.57. The minimum Gasteiger partial charge on any atom is -0.470 e. The van der Waals surface area contributed by atoms with Gasteiger partial charge in [0.05, 0.1) is 25.3 Å². The zero-order valence-electron chi connectivity index (χ0n) is 16.1. The van der Waals surface area contributed by atoms with Gasteiger partial charge in [-0.05, 0) is 18.2 Å². The Morgan fingerprint density at radius 2 is 1.90 bits per heavy atom. The van der Waals surface area contributed by atoms with Gasteiger partial charge in [-0.1, -0.05) is 6.07 Å². The van der Waals surface area contributed by atoms with Crippen molar-refractivity contribution in [2.75, 3.05) is 44.3 Å². The lowest BCUT2D eigenvalue weighted by Crippen LogP contribution is -2.37. The van der Waals surface area contributed by atoms with Crippen LogP contribution in [-0.2, 0) is 10.9 Å². The van der Waals surface area contributed by atoms with Crippen LogP contribution in [-0.4, -0.2) is 66.3 Å². The van der Waals surface area contributed by atoms with E-state index in [4.69, 9.17) is 9.47 Å². The summed E-state index contributed by atoms with van der Waals surface area (Å²) in [5, 5.41) is 0. The summed E-state index contributed by atoms with van der Waals surface area (Å²) >= 11 is 0. The number of anilines is 1. The molecule has 2 saturated heterocycles. The lowest BCUT2D eigenvalue weighted by molar-refractivity contribution is -0.137. The van der Waals surface area contributed by atoms with Crippen LogP contribution in [0.3, 0.4) is 0 Å². The van der Waals surface area contributed by atoms with E-state index in [-0.39, 0.29) is 18.2 Å². The molecule has 30 heavy (non-hydrogen) atoms. The topological polar surface area (TPSA) is 67.8 Å². The van der Waals surface area contributed by atoms with Crippen molar-refractivity contribution in [1.82, 2.24) is 14.9 Å². The first-order valence-electron chi connectivity index (χ1n) is 9.69. The maximum absolute atomic E-state index is 12.9. The third kappa shape index (κ3) is 4.48. The van der Waals surface area contributed by atoms with Crippen molar-refractivity contribution in [3.05, 3.63) is 47.8 Å². The molecule has 4 rings (SSSR count). The van der Waals surface area contributed by atoms with Gasteiger partial charge in [0.2, 0.25) is 0 Å². The predicted octanol–water partition coefficient (Wildman–Crippen LogP) is 2.63. The van der Waals surface area contributed by atoms with E-state index in [9.17, 15) is 18.0 Å². The summed E-state index contributed by atoms with van der Waals surface area (Å²) in [4.78, 5) is 24.9. The van der Waals surface area contributed by atoms with E-state index in [2.05, 4.69) is 9.97 Å². The van der Waals surface area contributed by atoms with Crippen LogP contribution in [0.15, 0.2) is 36.7 Å². The van der Waals surface area contributed by atoms with E-state index in [0.29, 0.717) is 51.0 Å². The number of ether oxygens (including phenoxy) is 2. The molecule has 160 valence electrons. The molecule has 3 heterocycles. The number of carbonyl (C=O) groups is 1. The first-order valence-corrected chi connectivity index (χ1v) is 9.69. The Morgan fingerprint density at radius 3 is 2.67 bits per heavy atom. The molecule has 7 nitrogen and oxygen atoms in total. The molecule has 2 fully saturated rings. The minimum absolute atomic E-state index is 0.0129. The monoisotopic (exact) mass is 422 g/mol. The Hall–Kier alpha value is -2.88. The molecule has 0 N–H and O–H groups in total. The molecular formula is C20H21F3N4O3. The number of morpholine rings is 1. The van der Waals surface area contributed by atoms with E-state index in [0.717, 1.165) is 12.1 Å². The molecule has 0 radical (unpaired) electrons. The Labute approximate surface area is 171 Å². The molecule has 2 aliphatic rings. The maximum atomic E-state index is 12.9. The number of amides is 1. The van der Waals surface area contributed by atoms with Crippen LogP contribution >= 0.6 is 0 Å². The number of nitrogens with zero attached hydrogens (tertiary/aromatic N) is 4. The Balaban J connectivity index is 1.43. The van der Waals surface area contributed by atoms with E-state index in [1.54, 1.807) is 12.4 Å². The molecule has 1 unspecified atom stereocenters. The molecule has 0 spiro atoms. The van der Waals surface area contributed by atoms with Crippen LogP contribution in [0.5, 0.6) is 5.88 Å². The van der Waals surface area contributed by atoms with Crippen LogP contribution in [0.25, 0.3) is 0 Å². The number of hydrogen-bond acceptors (Lipinski definition) is 6. The van der Waals surface area contributed by atoms with Gasteiger partial charge in [-0.25, -0.2) is 9.97 Å². The number of halogens is 3. The Morgan fingerprint density at radius 1 is 1.13 bits per heavy atom. The van der Waals surface area contributed by atoms with Crippen LogP contribution in [0, 0.1) is 0 Å².